The highest BCUT2D eigenvalue weighted by Gasteiger charge is 2.36. The molecule has 0 aliphatic heterocycles. The van der Waals surface area contributed by atoms with Crippen molar-refractivity contribution in [3.63, 3.8) is 0 Å². The van der Waals surface area contributed by atoms with E-state index in [9.17, 15) is 40.7 Å². The van der Waals surface area contributed by atoms with E-state index < -0.39 is 81.7 Å². The Hall–Kier alpha value is -6.53. The Bertz CT molecular complexity index is 3030. The zero-order valence-electron chi connectivity index (χ0n) is 34.5. The van der Waals surface area contributed by atoms with Gasteiger partial charge in [0.25, 0.3) is 5.91 Å². The molecule has 0 fully saturated rings. The van der Waals surface area contributed by atoms with Gasteiger partial charge in [-0.15, -0.1) is 0 Å². The molecule has 1 N–H and O–H groups in total. The molecule has 0 aliphatic carbocycles. The molecule has 1 amide bonds. The predicted molar refractivity (Wildman–Crippen MR) is 226 cm³/mol. The number of alkyl halides is 3. The molecule has 330 valence electrons. The second-order valence-electron chi connectivity index (χ2n) is 15.9. The first kappa shape index (κ1) is 45.5. The smallest absolute Gasteiger partial charge is 0.334 e. The zero-order valence-corrected chi connectivity index (χ0v) is 36.1. The van der Waals surface area contributed by atoms with Gasteiger partial charge in [-0.3, -0.25) is 19.3 Å². The van der Waals surface area contributed by atoms with Gasteiger partial charge in [-0.1, -0.05) is 12.1 Å². The number of nitrogens with zero attached hydrogens (tertiary/aromatic N) is 5. The summed E-state index contributed by atoms with van der Waals surface area (Å²) in [6.45, 7) is 6.82. The summed E-state index contributed by atoms with van der Waals surface area (Å²) < 4.78 is 122. The second-order valence-corrected chi connectivity index (χ2v) is 16.7. The number of ketones is 2. The third kappa shape index (κ3) is 8.84. The number of rotatable bonds is 11. The minimum Gasteiger partial charge on any atom is -0.334 e. The molecule has 18 heteroatoms. The quantitative estimate of drug-likeness (QED) is 0.0459. The van der Waals surface area contributed by atoms with Gasteiger partial charge in [-0.25, -0.2) is 26.9 Å². The van der Waals surface area contributed by atoms with Crippen LogP contribution in [0, 0.1) is 36.0 Å². The highest BCUT2D eigenvalue weighted by Crippen LogP contribution is 2.42. The number of fused-ring (bicyclic) bond motifs is 2. The van der Waals surface area contributed by atoms with Crippen molar-refractivity contribution in [3.05, 3.63) is 159 Å². The topological polar surface area (TPSA) is 92.6 Å². The Kier molecular flexibility index (Phi) is 12.2. The number of halogens is 9. The summed E-state index contributed by atoms with van der Waals surface area (Å²) in [4.78, 5) is 46.0. The molecule has 0 saturated heterocycles. The molecule has 4 aromatic heterocycles. The SMILES string of the molecule is Cc1c(Br)c(N(C(=O)/C=C/CNC(C)(C)C)c2c(F)cc(C(=O)c3ccc4c(-c5cc6ncn(C)c6cc5C(F)(F)F)cccn34)cc2F)cc[n+]1CC(=O)c1cc(F)c(F)c(F)c1. The number of pyridine rings is 2. The molecule has 0 radical (unpaired) electrons. The number of hydrogen-bond donors (Lipinski definition) is 1. The fraction of sp³-hybridized carbons (Fsp3) is 0.196. The van der Waals surface area contributed by atoms with E-state index in [0.29, 0.717) is 17.6 Å². The lowest BCUT2D eigenvalue weighted by Crippen LogP contribution is -2.41. The lowest BCUT2D eigenvalue weighted by molar-refractivity contribution is -0.689. The van der Waals surface area contributed by atoms with Crippen molar-refractivity contribution in [2.75, 3.05) is 11.4 Å². The molecule has 0 bridgehead atoms. The Balaban J connectivity index is 1.27. The summed E-state index contributed by atoms with van der Waals surface area (Å²) in [5.41, 5.74) is -2.48. The second kappa shape index (κ2) is 17.2. The summed E-state index contributed by atoms with van der Waals surface area (Å²) >= 11 is 3.37. The maximum absolute atomic E-state index is 16.5. The summed E-state index contributed by atoms with van der Waals surface area (Å²) in [6.07, 6.45) is 1.86. The molecule has 9 nitrogen and oxygen atoms in total. The molecule has 0 atom stereocenters. The first-order valence-corrected chi connectivity index (χ1v) is 20.1. The summed E-state index contributed by atoms with van der Waals surface area (Å²) in [6, 6.07) is 11.7. The van der Waals surface area contributed by atoms with Gasteiger partial charge in [-0.05, 0) is 96.9 Å². The van der Waals surface area contributed by atoms with Crippen LogP contribution in [0.1, 0.15) is 58.4 Å². The van der Waals surface area contributed by atoms with Crippen LogP contribution < -0.4 is 14.8 Å². The number of Topliss-reactive ketones (excluding diaryl/α,β-unsaturated/α-hetero) is 1. The first-order valence-electron chi connectivity index (χ1n) is 19.3. The van der Waals surface area contributed by atoms with E-state index in [0.717, 1.165) is 29.2 Å². The Morgan fingerprint density at radius 2 is 1.52 bits per heavy atom. The van der Waals surface area contributed by atoms with Crippen molar-refractivity contribution in [1.82, 2.24) is 19.3 Å². The zero-order chi connectivity index (χ0) is 46.6. The van der Waals surface area contributed by atoms with Gasteiger partial charge in [0.2, 0.25) is 18.1 Å². The van der Waals surface area contributed by atoms with E-state index in [-0.39, 0.29) is 55.8 Å². The molecule has 3 aromatic carbocycles. The number of amides is 1. The molecular formula is C46H36BrF8N6O3+. The van der Waals surface area contributed by atoms with E-state index in [1.54, 1.807) is 7.05 Å². The van der Waals surface area contributed by atoms with Crippen molar-refractivity contribution < 1.29 is 54.1 Å². The molecule has 4 heterocycles. The van der Waals surface area contributed by atoms with Crippen LogP contribution in [0.2, 0.25) is 0 Å². The first-order chi connectivity index (χ1) is 30.0. The van der Waals surface area contributed by atoms with Gasteiger partial charge in [0, 0.05) is 61.1 Å². The summed E-state index contributed by atoms with van der Waals surface area (Å²) in [5.74, 6) is -10.2. The van der Waals surface area contributed by atoms with E-state index in [1.807, 2.05) is 20.8 Å². The Labute approximate surface area is 368 Å². The molecule has 0 aliphatic rings. The number of aromatic nitrogens is 4. The van der Waals surface area contributed by atoms with Crippen LogP contribution in [0.25, 0.3) is 27.7 Å². The van der Waals surface area contributed by atoms with Crippen LogP contribution in [0.5, 0.6) is 0 Å². The fourth-order valence-electron chi connectivity index (χ4n) is 7.15. The van der Waals surface area contributed by atoms with E-state index >= 15 is 8.78 Å². The molecule has 64 heavy (non-hydrogen) atoms. The van der Waals surface area contributed by atoms with Crippen LogP contribution in [0.4, 0.5) is 46.5 Å². The molecule has 7 aromatic rings. The fourth-order valence-corrected chi connectivity index (χ4v) is 7.69. The molecule has 0 unspecified atom stereocenters. The average Bonchev–Trinajstić information content (AvgIpc) is 3.83. The highest BCUT2D eigenvalue weighted by molar-refractivity contribution is 9.10. The van der Waals surface area contributed by atoms with Crippen LogP contribution >= 0.6 is 15.9 Å². The largest absolute Gasteiger partial charge is 0.417 e. The number of aryl methyl sites for hydroxylation is 1. The van der Waals surface area contributed by atoms with Gasteiger partial charge < -0.3 is 14.3 Å². The molecular weight excluding hydrogens is 916 g/mol. The summed E-state index contributed by atoms with van der Waals surface area (Å²) in [5, 5.41) is 3.15. The predicted octanol–water partition coefficient (Wildman–Crippen LogP) is 10.3. The van der Waals surface area contributed by atoms with Crippen molar-refractivity contribution in [2.24, 2.45) is 7.05 Å². The highest BCUT2D eigenvalue weighted by atomic mass is 79.9. The van der Waals surface area contributed by atoms with E-state index in [4.69, 9.17) is 0 Å². The van der Waals surface area contributed by atoms with E-state index in [2.05, 4.69) is 26.2 Å². The Morgan fingerprint density at radius 3 is 2.16 bits per heavy atom. The number of hydrogen-bond acceptors (Lipinski definition) is 5. The number of nitrogens with one attached hydrogen (secondary N) is 1. The average molecular weight is 953 g/mol. The Morgan fingerprint density at radius 1 is 0.859 bits per heavy atom. The van der Waals surface area contributed by atoms with Crippen molar-refractivity contribution in [2.45, 2.75) is 46.0 Å². The van der Waals surface area contributed by atoms with Crippen molar-refractivity contribution >= 4 is 61.3 Å². The van der Waals surface area contributed by atoms with Gasteiger partial charge >= 0.3 is 6.18 Å². The van der Waals surface area contributed by atoms with Crippen LogP contribution in [-0.2, 0) is 24.6 Å². The monoisotopic (exact) mass is 951 g/mol. The third-order valence-electron chi connectivity index (χ3n) is 10.4. The maximum atomic E-state index is 16.5. The molecule has 7 rings (SSSR count). The lowest BCUT2D eigenvalue weighted by Gasteiger charge is -2.24. The normalized spacial score (nSPS) is 12.2. The van der Waals surface area contributed by atoms with Gasteiger partial charge in [-0.2, -0.15) is 17.7 Å². The molecule has 0 saturated carbocycles. The van der Waals surface area contributed by atoms with Crippen LogP contribution in [-0.4, -0.2) is 43.5 Å². The number of benzene rings is 3. The third-order valence-corrected chi connectivity index (χ3v) is 11.3. The van der Waals surface area contributed by atoms with Gasteiger partial charge in [0.05, 0.1) is 39.8 Å². The van der Waals surface area contributed by atoms with Crippen molar-refractivity contribution in [1.29, 1.82) is 0 Å². The van der Waals surface area contributed by atoms with Gasteiger partial charge in [0.15, 0.2) is 41.0 Å². The minimum absolute atomic E-state index is 0.0686. The number of carbonyl (C=O) groups excluding carboxylic acids is 3. The lowest BCUT2D eigenvalue weighted by atomic mass is 9.98. The van der Waals surface area contributed by atoms with Gasteiger partial charge in [0.1, 0.15) is 10.2 Å². The van der Waals surface area contributed by atoms with Crippen molar-refractivity contribution in [3.8, 4) is 11.1 Å². The number of carbonyl (C=O) groups is 3. The number of imidazole rings is 1. The minimum atomic E-state index is -4.76. The standard InChI is InChI=1S/C46H36BrF8N6O3/c1-24-41(47)36(12-15-59(24)22-39(62)25-16-30(48)42(52)31(49)17-25)61(40(63)9-6-13-57-45(2,3)4)43-32(50)18-26(19-33(43)51)44(64)37-11-10-35-27(8-7-14-60(35)37)28-20-34-38(58(5)23-56-34)21-29(28)46(53,54)55/h6-12,14-21,23,57H,13,22H2,1-5H3/q+1/b9-6+. The van der Waals surface area contributed by atoms with E-state index in [1.165, 1.54) is 81.7 Å². The summed E-state index contributed by atoms with van der Waals surface area (Å²) in [7, 11) is 1.57. The van der Waals surface area contributed by atoms with Crippen LogP contribution in [0.3, 0.4) is 0 Å². The maximum Gasteiger partial charge on any atom is 0.417 e. The number of anilines is 2. The molecule has 0 spiro atoms. The van der Waals surface area contributed by atoms with Crippen LogP contribution in [0.15, 0.2) is 102 Å².